The number of hydrogen-bond acceptors (Lipinski definition) is 1. The monoisotopic (exact) mass is 181 g/mol. The van der Waals surface area contributed by atoms with Crippen LogP contribution in [0, 0.1) is 5.92 Å². The maximum atomic E-state index is 2.74. The molecule has 0 amide bonds. The van der Waals surface area contributed by atoms with E-state index in [0.717, 1.165) is 12.0 Å². The zero-order chi connectivity index (χ0) is 9.47. The summed E-state index contributed by atoms with van der Waals surface area (Å²) >= 11 is 0. The summed E-state index contributed by atoms with van der Waals surface area (Å²) in [6.45, 7) is 8.45. The van der Waals surface area contributed by atoms with Crippen molar-refractivity contribution in [1.29, 1.82) is 0 Å². The lowest BCUT2D eigenvalue weighted by Crippen LogP contribution is -2.63. The first-order chi connectivity index (χ1) is 6.14. The van der Waals surface area contributed by atoms with Gasteiger partial charge in [0.25, 0.3) is 0 Å². The van der Waals surface area contributed by atoms with Crippen molar-refractivity contribution in [2.45, 2.75) is 64.5 Å². The van der Waals surface area contributed by atoms with Gasteiger partial charge in [0, 0.05) is 18.1 Å². The minimum atomic E-state index is 0.653. The van der Waals surface area contributed by atoms with Gasteiger partial charge in [-0.2, -0.15) is 0 Å². The van der Waals surface area contributed by atoms with Crippen molar-refractivity contribution in [3.63, 3.8) is 0 Å². The Balaban J connectivity index is 1.98. The quantitative estimate of drug-likeness (QED) is 0.601. The van der Waals surface area contributed by atoms with Crippen molar-refractivity contribution < 1.29 is 0 Å². The van der Waals surface area contributed by atoms with Crippen molar-refractivity contribution in [2.24, 2.45) is 5.92 Å². The molecule has 1 spiro atoms. The van der Waals surface area contributed by atoms with Crippen molar-refractivity contribution >= 4 is 0 Å². The summed E-state index contributed by atoms with van der Waals surface area (Å²) in [4.78, 5) is 2.74. The maximum absolute atomic E-state index is 2.74. The summed E-state index contributed by atoms with van der Waals surface area (Å²) in [6, 6.07) is 0.766. The smallest absolute Gasteiger partial charge is 0.0224 e. The normalized spacial score (nSPS) is 41.1. The molecule has 1 heteroatoms. The van der Waals surface area contributed by atoms with Gasteiger partial charge >= 0.3 is 0 Å². The van der Waals surface area contributed by atoms with Gasteiger partial charge in [-0.15, -0.1) is 0 Å². The van der Waals surface area contributed by atoms with E-state index in [4.69, 9.17) is 0 Å². The van der Waals surface area contributed by atoms with Crippen LogP contribution < -0.4 is 0 Å². The van der Waals surface area contributed by atoms with E-state index in [1.165, 1.54) is 38.6 Å². The van der Waals surface area contributed by atoms with Gasteiger partial charge in [-0.25, -0.2) is 0 Å². The molecule has 1 aliphatic carbocycles. The average Bonchev–Trinajstić information content (AvgIpc) is 2.03. The molecule has 76 valence electrons. The fraction of sp³-hybridized carbons (Fsp3) is 1.00. The molecule has 0 unspecified atom stereocenters. The average molecular weight is 181 g/mol. The van der Waals surface area contributed by atoms with Crippen LogP contribution in [0.15, 0.2) is 0 Å². The van der Waals surface area contributed by atoms with E-state index in [0.29, 0.717) is 5.54 Å². The van der Waals surface area contributed by atoms with Gasteiger partial charge in [-0.3, -0.25) is 4.90 Å². The van der Waals surface area contributed by atoms with Crippen molar-refractivity contribution in [2.75, 3.05) is 6.54 Å². The standard InChI is InChI=1S/C12H23N/c1-10(2)13-9-8-12(13)6-4-11(3)5-7-12/h10-11H,4-9H2,1-3H3. The third-order valence-electron chi connectivity index (χ3n) is 4.26. The fourth-order valence-electron chi connectivity index (χ4n) is 3.20. The molecule has 2 rings (SSSR count). The summed E-state index contributed by atoms with van der Waals surface area (Å²) in [5.41, 5.74) is 0.653. The SMILES string of the molecule is CC1CCC2(CC1)CCN2C(C)C. The van der Waals surface area contributed by atoms with Gasteiger partial charge in [0.05, 0.1) is 0 Å². The molecule has 0 aromatic heterocycles. The van der Waals surface area contributed by atoms with Crippen LogP contribution in [0.4, 0.5) is 0 Å². The molecule has 0 aromatic rings. The second kappa shape index (κ2) is 3.27. The van der Waals surface area contributed by atoms with Crippen LogP contribution in [0.3, 0.4) is 0 Å². The molecule has 2 aliphatic rings. The van der Waals surface area contributed by atoms with Crippen LogP contribution in [0.1, 0.15) is 52.9 Å². The van der Waals surface area contributed by atoms with E-state index in [9.17, 15) is 0 Å². The van der Waals surface area contributed by atoms with Gasteiger partial charge in [-0.1, -0.05) is 6.92 Å². The number of rotatable bonds is 1. The van der Waals surface area contributed by atoms with E-state index in [1.807, 2.05) is 0 Å². The van der Waals surface area contributed by atoms with Crippen molar-refractivity contribution in [1.82, 2.24) is 4.90 Å². The molecule has 13 heavy (non-hydrogen) atoms. The molecule has 0 atom stereocenters. The Labute approximate surface area is 82.5 Å². The Morgan fingerprint density at radius 3 is 2.15 bits per heavy atom. The first-order valence-electron chi connectivity index (χ1n) is 5.91. The number of nitrogens with zero attached hydrogens (tertiary/aromatic N) is 1. The molecular weight excluding hydrogens is 158 g/mol. The molecule has 2 fully saturated rings. The Bertz CT molecular complexity index is 178. The summed E-state index contributed by atoms with van der Waals surface area (Å²) in [7, 11) is 0. The lowest BCUT2D eigenvalue weighted by atomic mass is 9.69. The van der Waals surface area contributed by atoms with Crippen LogP contribution in [-0.4, -0.2) is 23.0 Å². The largest absolute Gasteiger partial charge is 0.295 e. The van der Waals surface area contributed by atoms with Gasteiger partial charge in [0.1, 0.15) is 0 Å². The highest BCUT2D eigenvalue weighted by atomic mass is 15.3. The van der Waals surface area contributed by atoms with Gasteiger partial charge < -0.3 is 0 Å². The predicted octanol–water partition coefficient (Wildman–Crippen LogP) is 3.05. The van der Waals surface area contributed by atoms with Crippen LogP contribution in [0.2, 0.25) is 0 Å². The van der Waals surface area contributed by atoms with Crippen molar-refractivity contribution in [3.05, 3.63) is 0 Å². The first kappa shape index (κ1) is 9.51. The first-order valence-corrected chi connectivity index (χ1v) is 5.91. The fourth-order valence-corrected chi connectivity index (χ4v) is 3.20. The lowest BCUT2D eigenvalue weighted by Gasteiger charge is -2.58. The molecule has 1 saturated carbocycles. The highest BCUT2D eigenvalue weighted by Gasteiger charge is 2.46. The van der Waals surface area contributed by atoms with E-state index in [1.54, 1.807) is 0 Å². The van der Waals surface area contributed by atoms with Crippen LogP contribution in [-0.2, 0) is 0 Å². The highest BCUT2D eigenvalue weighted by molar-refractivity contribution is 5.02. The van der Waals surface area contributed by atoms with Crippen LogP contribution in [0.25, 0.3) is 0 Å². The summed E-state index contributed by atoms with van der Waals surface area (Å²) in [5.74, 6) is 0.986. The molecule has 1 nitrogen and oxygen atoms in total. The van der Waals surface area contributed by atoms with E-state index >= 15 is 0 Å². The second-order valence-electron chi connectivity index (χ2n) is 5.44. The maximum Gasteiger partial charge on any atom is 0.0224 e. The zero-order valence-electron chi connectivity index (χ0n) is 9.34. The predicted molar refractivity (Wildman–Crippen MR) is 56.8 cm³/mol. The third-order valence-corrected chi connectivity index (χ3v) is 4.26. The topological polar surface area (TPSA) is 3.24 Å². The third kappa shape index (κ3) is 1.52. The molecule has 0 bridgehead atoms. The lowest BCUT2D eigenvalue weighted by molar-refractivity contribution is -0.0708. The van der Waals surface area contributed by atoms with E-state index in [-0.39, 0.29) is 0 Å². The van der Waals surface area contributed by atoms with Gasteiger partial charge in [0.15, 0.2) is 0 Å². The molecular formula is C12H23N. The number of hydrogen-bond donors (Lipinski definition) is 0. The van der Waals surface area contributed by atoms with E-state index in [2.05, 4.69) is 25.7 Å². The Morgan fingerprint density at radius 1 is 1.15 bits per heavy atom. The molecule has 1 saturated heterocycles. The second-order valence-corrected chi connectivity index (χ2v) is 5.44. The van der Waals surface area contributed by atoms with E-state index < -0.39 is 0 Å². The molecule has 0 aromatic carbocycles. The van der Waals surface area contributed by atoms with Crippen LogP contribution in [0.5, 0.6) is 0 Å². The molecule has 0 N–H and O–H groups in total. The molecule has 0 radical (unpaired) electrons. The Morgan fingerprint density at radius 2 is 1.77 bits per heavy atom. The minimum absolute atomic E-state index is 0.653. The van der Waals surface area contributed by atoms with Crippen LogP contribution >= 0.6 is 0 Å². The zero-order valence-corrected chi connectivity index (χ0v) is 9.34. The highest BCUT2D eigenvalue weighted by Crippen LogP contribution is 2.45. The van der Waals surface area contributed by atoms with Gasteiger partial charge in [0.2, 0.25) is 0 Å². The minimum Gasteiger partial charge on any atom is -0.295 e. The molecule has 1 heterocycles. The summed E-state index contributed by atoms with van der Waals surface area (Å²) in [6.07, 6.45) is 7.32. The van der Waals surface area contributed by atoms with Crippen molar-refractivity contribution in [3.8, 4) is 0 Å². The Hall–Kier alpha value is -0.0400. The summed E-state index contributed by atoms with van der Waals surface area (Å²) < 4.78 is 0. The van der Waals surface area contributed by atoms with Gasteiger partial charge in [-0.05, 0) is 51.9 Å². The molecule has 1 aliphatic heterocycles. The number of likely N-dealkylation sites (tertiary alicyclic amines) is 1. The Kier molecular flexibility index (Phi) is 2.39. The summed E-state index contributed by atoms with van der Waals surface area (Å²) in [5, 5.41) is 0.